The molecule has 2 aromatic heterocycles. The summed E-state index contributed by atoms with van der Waals surface area (Å²) in [4.78, 5) is 17.7. The van der Waals surface area contributed by atoms with Gasteiger partial charge in [0, 0.05) is 30.7 Å². The Bertz CT molecular complexity index is 462. The first-order valence-corrected chi connectivity index (χ1v) is 4.56. The second-order valence-corrected chi connectivity index (χ2v) is 3.21. The molecule has 0 fully saturated rings. The summed E-state index contributed by atoms with van der Waals surface area (Å²) in [6.45, 7) is 0. The average molecular weight is 202 g/mol. The van der Waals surface area contributed by atoms with Crippen LogP contribution in [0, 0.1) is 0 Å². The van der Waals surface area contributed by atoms with Crippen molar-refractivity contribution in [1.29, 1.82) is 0 Å². The lowest BCUT2D eigenvalue weighted by atomic mass is 10.1. The molecule has 2 N–H and O–H groups in total. The molecule has 2 rings (SSSR count). The van der Waals surface area contributed by atoms with Crippen LogP contribution in [0.4, 0.5) is 0 Å². The van der Waals surface area contributed by atoms with Crippen LogP contribution in [-0.2, 0) is 6.42 Å². The molecule has 0 bridgehead atoms. The quantitative estimate of drug-likeness (QED) is 0.796. The average Bonchev–Trinajstić information content (AvgIpc) is 2.67. The second kappa shape index (κ2) is 3.96. The maximum Gasteiger partial charge on any atom is 0.337 e. The van der Waals surface area contributed by atoms with Gasteiger partial charge in [-0.25, -0.2) is 4.79 Å². The first-order valence-electron chi connectivity index (χ1n) is 4.56. The van der Waals surface area contributed by atoms with Gasteiger partial charge >= 0.3 is 5.97 Å². The summed E-state index contributed by atoms with van der Waals surface area (Å²) < 4.78 is 0. The summed E-state index contributed by atoms with van der Waals surface area (Å²) in [6.07, 6.45) is 5.61. The van der Waals surface area contributed by atoms with Crippen molar-refractivity contribution in [3.8, 4) is 0 Å². The van der Waals surface area contributed by atoms with Crippen molar-refractivity contribution in [1.82, 2.24) is 9.97 Å². The number of hydrogen-bond donors (Lipinski definition) is 2. The third-order valence-corrected chi connectivity index (χ3v) is 2.17. The van der Waals surface area contributed by atoms with E-state index in [2.05, 4.69) is 9.97 Å². The van der Waals surface area contributed by atoms with Crippen molar-refractivity contribution in [2.24, 2.45) is 0 Å². The van der Waals surface area contributed by atoms with Crippen LogP contribution < -0.4 is 0 Å². The molecule has 0 atom stereocenters. The van der Waals surface area contributed by atoms with Crippen molar-refractivity contribution in [3.63, 3.8) is 0 Å². The summed E-state index contributed by atoms with van der Waals surface area (Å²) in [6, 6.07) is 5.31. The third-order valence-electron chi connectivity index (χ3n) is 2.17. The molecule has 0 radical (unpaired) electrons. The summed E-state index contributed by atoms with van der Waals surface area (Å²) in [5.74, 6) is -0.907. The molecule has 76 valence electrons. The molecule has 0 aliphatic carbocycles. The summed E-state index contributed by atoms with van der Waals surface area (Å²) in [5.41, 5.74) is 2.01. The molecule has 0 aliphatic rings. The molecule has 0 aromatic carbocycles. The smallest absolute Gasteiger partial charge is 0.337 e. The first kappa shape index (κ1) is 9.45. The topological polar surface area (TPSA) is 66.0 Å². The van der Waals surface area contributed by atoms with E-state index in [4.69, 9.17) is 5.11 Å². The van der Waals surface area contributed by atoms with Gasteiger partial charge in [0.1, 0.15) is 0 Å². The largest absolute Gasteiger partial charge is 0.478 e. The minimum atomic E-state index is -0.907. The number of rotatable bonds is 3. The molecule has 0 aliphatic heterocycles. The lowest BCUT2D eigenvalue weighted by Crippen LogP contribution is -2.00. The van der Waals surface area contributed by atoms with Crippen molar-refractivity contribution >= 4 is 5.97 Å². The van der Waals surface area contributed by atoms with E-state index in [9.17, 15) is 4.79 Å². The molecule has 0 unspecified atom stereocenters. The monoisotopic (exact) mass is 202 g/mol. The number of aromatic nitrogens is 2. The van der Waals surface area contributed by atoms with E-state index in [1.807, 2.05) is 12.1 Å². The Balaban J connectivity index is 2.25. The number of carboxylic acid groups (broad SMARTS) is 1. The number of H-pyrrole nitrogens is 1. The number of hydrogen-bond acceptors (Lipinski definition) is 2. The molecule has 0 amide bonds. The highest BCUT2D eigenvalue weighted by Crippen LogP contribution is 2.11. The molecule has 4 heteroatoms. The highest BCUT2D eigenvalue weighted by atomic mass is 16.4. The summed E-state index contributed by atoms with van der Waals surface area (Å²) in [5, 5.41) is 8.90. The zero-order valence-electron chi connectivity index (χ0n) is 7.97. The van der Waals surface area contributed by atoms with Gasteiger partial charge in [-0.2, -0.15) is 0 Å². The van der Waals surface area contributed by atoms with Gasteiger partial charge in [-0.1, -0.05) is 6.07 Å². The van der Waals surface area contributed by atoms with Crippen molar-refractivity contribution < 1.29 is 9.90 Å². The molecular weight excluding hydrogens is 192 g/mol. The van der Waals surface area contributed by atoms with Gasteiger partial charge < -0.3 is 10.1 Å². The summed E-state index contributed by atoms with van der Waals surface area (Å²) >= 11 is 0. The van der Waals surface area contributed by atoms with Gasteiger partial charge in [0.15, 0.2) is 0 Å². The Hall–Kier alpha value is -2.10. The van der Waals surface area contributed by atoms with E-state index in [1.165, 1.54) is 0 Å². The van der Waals surface area contributed by atoms with Crippen LogP contribution in [0.1, 0.15) is 21.6 Å². The number of aromatic amines is 1. The van der Waals surface area contributed by atoms with E-state index in [-0.39, 0.29) is 0 Å². The number of carbonyl (C=O) groups is 1. The van der Waals surface area contributed by atoms with Crippen LogP contribution in [0.3, 0.4) is 0 Å². The number of carboxylic acids is 1. The van der Waals surface area contributed by atoms with Crippen LogP contribution in [0.2, 0.25) is 0 Å². The maximum atomic E-state index is 10.8. The lowest BCUT2D eigenvalue weighted by molar-refractivity contribution is 0.0696. The van der Waals surface area contributed by atoms with E-state index < -0.39 is 5.97 Å². The van der Waals surface area contributed by atoms with Gasteiger partial charge in [-0.15, -0.1) is 0 Å². The van der Waals surface area contributed by atoms with E-state index in [0.717, 1.165) is 5.56 Å². The molecular formula is C11H10N2O2. The minimum Gasteiger partial charge on any atom is -0.478 e. The molecule has 0 saturated heterocycles. The van der Waals surface area contributed by atoms with E-state index in [1.54, 1.807) is 24.7 Å². The normalized spacial score (nSPS) is 10.1. The van der Waals surface area contributed by atoms with Crippen molar-refractivity contribution in [2.45, 2.75) is 6.42 Å². The predicted octanol–water partition coefficient (Wildman–Crippen LogP) is 1.70. The molecule has 2 heterocycles. The Morgan fingerprint density at radius 1 is 1.47 bits per heavy atom. The van der Waals surface area contributed by atoms with Gasteiger partial charge in [0.25, 0.3) is 0 Å². The molecule has 15 heavy (non-hydrogen) atoms. The van der Waals surface area contributed by atoms with Crippen LogP contribution in [0.15, 0.2) is 36.8 Å². The molecule has 4 nitrogen and oxygen atoms in total. The second-order valence-electron chi connectivity index (χ2n) is 3.21. The summed E-state index contributed by atoms with van der Waals surface area (Å²) in [7, 11) is 0. The number of aromatic carboxylic acids is 1. The van der Waals surface area contributed by atoms with Gasteiger partial charge in [-0.3, -0.25) is 4.98 Å². The molecule has 2 aromatic rings. The van der Waals surface area contributed by atoms with Crippen LogP contribution >= 0.6 is 0 Å². The standard InChI is InChI=1S/C11H10N2O2/c14-11(15)9-3-5-13-10(9)6-8-2-1-4-12-7-8/h1-5,7,13H,6H2,(H,14,15). The SMILES string of the molecule is O=C(O)c1cc[nH]c1Cc1cccnc1. The predicted molar refractivity (Wildman–Crippen MR) is 54.8 cm³/mol. The fourth-order valence-electron chi connectivity index (χ4n) is 1.46. The van der Waals surface area contributed by atoms with Crippen molar-refractivity contribution in [2.75, 3.05) is 0 Å². The zero-order valence-corrected chi connectivity index (χ0v) is 7.97. The molecule has 0 spiro atoms. The molecule has 0 saturated carbocycles. The van der Waals surface area contributed by atoms with Crippen LogP contribution in [-0.4, -0.2) is 21.0 Å². The van der Waals surface area contributed by atoms with Gasteiger partial charge in [0.2, 0.25) is 0 Å². The van der Waals surface area contributed by atoms with E-state index in [0.29, 0.717) is 17.7 Å². The van der Waals surface area contributed by atoms with Crippen LogP contribution in [0.5, 0.6) is 0 Å². The fraction of sp³-hybridized carbons (Fsp3) is 0.0909. The highest BCUT2D eigenvalue weighted by Gasteiger charge is 2.10. The maximum absolute atomic E-state index is 10.8. The first-order chi connectivity index (χ1) is 7.27. The number of nitrogens with one attached hydrogen (secondary N) is 1. The third kappa shape index (κ3) is 2.04. The van der Waals surface area contributed by atoms with Gasteiger partial charge in [-0.05, 0) is 17.7 Å². The van der Waals surface area contributed by atoms with Crippen LogP contribution in [0.25, 0.3) is 0 Å². The number of pyridine rings is 1. The van der Waals surface area contributed by atoms with Gasteiger partial charge in [0.05, 0.1) is 5.56 Å². The van der Waals surface area contributed by atoms with E-state index >= 15 is 0 Å². The minimum absolute atomic E-state index is 0.318. The number of nitrogens with zero attached hydrogens (tertiary/aromatic N) is 1. The fourth-order valence-corrected chi connectivity index (χ4v) is 1.46. The Labute approximate surface area is 86.6 Å². The van der Waals surface area contributed by atoms with Crippen molar-refractivity contribution in [3.05, 3.63) is 53.6 Å². The Morgan fingerprint density at radius 3 is 3.00 bits per heavy atom. The zero-order chi connectivity index (χ0) is 10.7. The Morgan fingerprint density at radius 2 is 2.33 bits per heavy atom. The lowest BCUT2D eigenvalue weighted by Gasteiger charge is -2.00. The highest BCUT2D eigenvalue weighted by molar-refractivity contribution is 5.89. The Kier molecular flexibility index (Phi) is 2.49.